The van der Waals surface area contributed by atoms with Gasteiger partial charge in [-0.2, -0.15) is 0 Å². The van der Waals surface area contributed by atoms with Gasteiger partial charge in [0.2, 0.25) is 11.8 Å². The minimum Gasteiger partial charge on any atom is -0.489 e. The predicted molar refractivity (Wildman–Crippen MR) is 254 cm³/mol. The molecule has 1 aliphatic carbocycles. The van der Waals surface area contributed by atoms with Gasteiger partial charge < -0.3 is 53.2 Å². The number of hydrogen-bond acceptors (Lipinski definition) is 14. The van der Waals surface area contributed by atoms with Gasteiger partial charge in [-0.25, -0.2) is 8.78 Å². The van der Waals surface area contributed by atoms with E-state index in [1.807, 2.05) is 23.6 Å². The Bertz CT molecular complexity index is 2460. The van der Waals surface area contributed by atoms with Crippen molar-refractivity contribution in [2.75, 3.05) is 92.6 Å². The number of likely N-dealkylation sites (tertiary alicyclic amines) is 1. The highest BCUT2D eigenvalue weighted by Crippen LogP contribution is 2.32. The SMILES string of the molecule is CN[C@@H](C)C(=O)NC(C(=O)N1CCN(C(=O)c2cc3cc(F)c(F)cc3n2CCOCCOCCOCCOc2cc(CN3CCC(Oc4ccnc5ccsc45)CC3)on2)CC1)C1CCCCC1. The van der Waals surface area contributed by atoms with E-state index in [1.54, 1.807) is 51.9 Å². The maximum atomic E-state index is 14.5. The van der Waals surface area contributed by atoms with E-state index in [0.29, 0.717) is 69.5 Å². The first-order valence-corrected chi connectivity index (χ1v) is 25.1. The summed E-state index contributed by atoms with van der Waals surface area (Å²) in [5.74, 6) is -0.577. The lowest BCUT2D eigenvalue weighted by Gasteiger charge is -2.39. The van der Waals surface area contributed by atoms with Crippen molar-refractivity contribution in [2.45, 2.75) is 83.1 Å². The summed E-state index contributed by atoms with van der Waals surface area (Å²) in [6.45, 7) is 7.61. The van der Waals surface area contributed by atoms with Crippen molar-refractivity contribution in [1.29, 1.82) is 0 Å². The van der Waals surface area contributed by atoms with Gasteiger partial charge >= 0.3 is 0 Å². The fourth-order valence-electron chi connectivity index (χ4n) is 9.29. The minimum absolute atomic E-state index is 0.0568. The molecule has 3 aliphatic rings. The molecule has 1 unspecified atom stereocenters. The number of nitrogens with zero attached hydrogens (tertiary/aromatic N) is 6. The van der Waals surface area contributed by atoms with E-state index >= 15 is 0 Å². The van der Waals surface area contributed by atoms with E-state index in [-0.39, 0.29) is 68.3 Å². The van der Waals surface area contributed by atoms with Crippen molar-refractivity contribution in [3.05, 3.63) is 71.1 Å². The molecule has 69 heavy (non-hydrogen) atoms. The van der Waals surface area contributed by atoms with Gasteiger partial charge in [0.1, 0.15) is 30.2 Å². The number of likely N-dealkylation sites (N-methyl/N-ethyl adjacent to an activating group) is 1. The van der Waals surface area contributed by atoms with Crippen molar-refractivity contribution in [1.82, 2.24) is 40.0 Å². The number of piperidine rings is 1. The molecule has 1 saturated carbocycles. The highest BCUT2D eigenvalue weighted by atomic mass is 32.1. The van der Waals surface area contributed by atoms with Crippen molar-refractivity contribution >= 4 is 50.2 Å². The van der Waals surface area contributed by atoms with Crippen LogP contribution < -0.4 is 20.1 Å². The van der Waals surface area contributed by atoms with E-state index in [9.17, 15) is 23.2 Å². The molecule has 6 heterocycles. The molecule has 2 saturated heterocycles. The highest BCUT2D eigenvalue weighted by Gasteiger charge is 2.37. The van der Waals surface area contributed by atoms with Crippen LogP contribution in [0.2, 0.25) is 0 Å². The van der Waals surface area contributed by atoms with Crippen LogP contribution in [-0.2, 0) is 36.9 Å². The maximum Gasteiger partial charge on any atom is 0.270 e. The average Bonchev–Trinajstić information content (AvgIpc) is 4.13. The van der Waals surface area contributed by atoms with E-state index in [1.165, 1.54) is 0 Å². The smallest absolute Gasteiger partial charge is 0.270 e. The van der Waals surface area contributed by atoms with E-state index in [0.717, 1.165) is 91.9 Å². The third-order valence-corrected chi connectivity index (χ3v) is 14.2. The molecule has 17 nitrogen and oxygen atoms in total. The Kier molecular flexibility index (Phi) is 17.8. The Morgan fingerprint density at radius 3 is 2.28 bits per heavy atom. The Labute approximate surface area is 404 Å². The number of halogens is 2. The topological polar surface area (TPSA) is 175 Å². The molecule has 8 rings (SSSR count). The predicted octanol–water partition coefficient (Wildman–Crippen LogP) is 5.65. The van der Waals surface area contributed by atoms with E-state index in [4.69, 9.17) is 28.2 Å². The second-order valence-electron chi connectivity index (χ2n) is 17.9. The molecule has 0 bridgehead atoms. The molecule has 3 fully saturated rings. The first-order valence-electron chi connectivity index (χ1n) is 24.2. The zero-order valence-electron chi connectivity index (χ0n) is 39.5. The summed E-state index contributed by atoms with van der Waals surface area (Å²) in [7, 11) is 1.71. The van der Waals surface area contributed by atoms with Crippen LogP contribution in [0.5, 0.6) is 11.6 Å². The molecule has 2 atom stereocenters. The number of rotatable bonds is 23. The zero-order valence-corrected chi connectivity index (χ0v) is 40.3. The van der Waals surface area contributed by atoms with Gasteiger partial charge in [-0.05, 0) is 80.4 Å². The quantitative estimate of drug-likeness (QED) is 0.0770. The molecule has 5 aromatic rings. The summed E-state index contributed by atoms with van der Waals surface area (Å²) < 4.78 is 66.3. The number of carbonyl (C=O) groups is 3. The molecule has 2 aliphatic heterocycles. The maximum absolute atomic E-state index is 14.5. The number of nitrogens with one attached hydrogen (secondary N) is 2. The Hall–Kier alpha value is -5.25. The summed E-state index contributed by atoms with van der Waals surface area (Å²) in [6.07, 6.45) is 8.68. The fourth-order valence-corrected chi connectivity index (χ4v) is 10.1. The molecule has 20 heteroatoms. The minimum atomic E-state index is -1.02. The van der Waals surface area contributed by atoms with Gasteiger partial charge in [0.15, 0.2) is 17.4 Å². The Morgan fingerprint density at radius 2 is 1.54 bits per heavy atom. The number of hydrogen-bond donors (Lipinski definition) is 2. The normalized spacial score (nSPS) is 17.4. The summed E-state index contributed by atoms with van der Waals surface area (Å²) >= 11 is 1.65. The van der Waals surface area contributed by atoms with E-state index in [2.05, 4.69) is 25.7 Å². The second kappa shape index (κ2) is 24.5. The summed E-state index contributed by atoms with van der Waals surface area (Å²) in [5, 5.41) is 12.4. The number of carbonyl (C=O) groups excluding carboxylic acids is 3. The second-order valence-corrected chi connectivity index (χ2v) is 18.8. The van der Waals surface area contributed by atoms with Crippen LogP contribution in [0.15, 0.2) is 52.5 Å². The fraction of sp³-hybridized carbons (Fsp3) is 0.571. The molecule has 1 aromatic carbocycles. The number of ether oxygens (including phenoxy) is 5. The lowest BCUT2D eigenvalue weighted by Crippen LogP contribution is -2.59. The number of piperazine rings is 1. The van der Waals surface area contributed by atoms with Crippen LogP contribution >= 0.6 is 11.3 Å². The van der Waals surface area contributed by atoms with Crippen molar-refractivity contribution in [3.63, 3.8) is 0 Å². The summed E-state index contributed by atoms with van der Waals surface area (Å²) in [6, 6.07) is 8.45. The Balaban J connectivity index is 0.709. The lowest BCUT2D eigenvalue weighted by atomic mass is 9.83. The molecule has 0 spiro atoms. The van der Waals surface area contributed by atoms with Crippen LogP contribution in [-0.4, -0.2) is 158 Å². The van der Waals surface area contributed by atoms with Crippen molar-refractivity contribution in [2.24, 2.45) is 5.92 Å². The number of fused-ring (bicyclic) bond motifs is 2. The number of thiophene rings is 1. The Morgan fingerprint density at radius 1 is 0.841 bits per heavy atom. The number of benzene rings is 1. The van der Waals surface area contributed by atoms with Crippen LogP contribution in [0, 0.1) is 17.6 Å². The third-order valence-electron chi connectivity index (χ3n) is 13.3. The van der Waals surface area contributed by atoms with Crippen LogP contribution in [0.25, 0.3) is 21.1 Å². The number of aromatic nitrogens is 3. The molecular weight excluding hydrogens is 915 g/mol. The number of amides is 3. The first-order chi connectivity index (χ1) is 33.6. The van der Waals surface area contributed by atoms with Gasteiger partial charge in [0.25, 0.3) is 11.8 Å². The van der Waals surface area contributed by atoms with Crippen LogP contribution in [0.1, 0.15) is 68.1 Å². The van der Waals surface area contributed by atoms with Gasteiger partial charge in [0.05, 0.1) is 68.0 Å². The monoisotopic (exact) mass is 978 g/mol. The van der Waals surface area contributed by atoms with E-state index < -0.39 is 23.7 Å². The average molecular weight is 979 g/mol. The summed E-state index contributed by atoms with van der Waals surface area (Å²) in [5.41, 5.74) is 1.61. The van der Waals surface area contributed by atoms with Crippen LogP contribution in [0.4, 0.5) is 8.78 Å². The largest absolute Gasteiger partial charge is 0.489 e. The lowest BCUT2D eigenvalue weighted by molar-refractivity contribution is -0.140. The molecular formula is C49H64F2N8O9S. The molecule has 2 N–H and O–H groups in total. The zero-order chi connectivity index (χ0) is 48.1. The van der Waals surface area contributed by atoms with Crippen molar-refractivity contribution < 1.29 is 51.4 Å². The molecule has 0 radical (unpaired) electrons. The van der Waals surface area contributed by atoms with Crippen LogP contribution in [0.3, 0.4) is 0 Å². The standard InChI is InChI=1S/C49H64F2N8O9S/c1-33(52-2)47(60)54-45(34-6-4-3-5-7-34)49(62)58-17-15-57(16-18-58)48(61)42-29-35-28-38(50)39(51)31-41(35)59(42)19-20-63-21-22-64-23-24-65-25-26-66-44-30-37(68-55-44)32-56-13-9-36(10-14-56)67-43-8-12-53-40-11-27-69-46(40)43/h8,11-12,27-31,33-34,36,45,52H,3-7,9-10,13-26,32H2,1-2H3,(H,54,60)/t33-,45?/m0/s1. The first kappa shape index (κ1) is 50.1. The molecule has 3 amide bonds. The third kappa shape index (κ3) is 13.1. The number of pyridine rings is 1. The van der Waals surface area contributed by atoms with Crippen molar-refractivity contribution in [3.8, 4) is 11.6 Å². The highest BCUT2D eigenvalue weighted by molar-refractivity contribution is 7.17. The molecule has 4 aromatic heterocycles. The molecule has 374 valence electrons. The van der Waals surface area contributed by atoms with Gasteiger partial charge in [0, 0.05) is 69.5 Å². The van der Waals surface area contributed by atoms with Gasteiger partial charge in [-0.3, -0.25) is 24.3 Å². The van der Waals surface area contributed by atoms with Gasteiger partial charge in [-0.1, -0.05) is 19.3 Å². The van der Waals surface area contributed by atoms with Gasteiger partial charge in [-0.15, -0.1) is 11.3 Å². The summed E-state index contributed by atoms with van der Waals surface area (Å²) in [4.78, 5) is 51.0.